The molecule has 0 bridgehead atoms. The molecule has 22 heavy (non-hydrogen) atoms. The number of hydrogen-bond acceptors (Lipinski definition) is 2. The van der Waals surface area contributed by atoms with Gasteiger partial charge >= 0.3 is 0 Å². The van der Waals surface area contributed by atoms with E-state index in [2.05, 4.69) is 13.8 Å². The first-order chi connectivity index (χ1) is 10.7. The Morgan fingerprint density at radius 2 is 1.05 bits per heavy atom. The zero-order valence-corrected chi connectivity index (χ0v) is 15.0. The highest BCUT2D eigenvalue weighted by molar-refractivity contribution is 5.83. The summed E-state index contributed by atoms with van der Waals surface area (Å²) in [5, 5.41) is 8.98. The second-order valence-electron chi connectivity index (χ2n) is 6.68. The van der Waals surface area contributed by atoms with E-state index in [1.165, 1.54) is 83.5 Å². The van der Waals surface area contributed by atoms with Crippen molar-refractivity contribution in [3.05, 3.63) is 6.92 Å². The van der Waals surface area contributed by atoms with E-state index in [1.54, 1.807) is 0 Å². The van der Waals surface area contributed by atoms with E-state index < -0.39 is 6.10 Å². The summed E-state index contributed by atoms with van der Waals surface area (Å²) in [6, 6.07) is 0. The van der Waals surface area contributed by atoms with Gasteiger partial charge in [-0.1, -0.05) is 96.8 Å². The van der Waals surface area contributed by atoms with Crippen LogP contribution in [0.2, 0.25) is 0 Å². The van der Waals surface area contributed by atoms with Crippen LogP contribution >= 0.6 is 0 Å². The summed E-state index contributed by atoms with van der Waals surface area (Å²) in [5.74, 6) is -0.116. The highest BCUT2D eigenvalue weighted by Gasteiger charge is 2.07. The van der Waals surface area contributed by atoms with Crippen LogP contribution in [0, 0.1) is 6.92 Å². The van der Waals surface area contributed by atoms with Crippen LogP contribution in [0.25, 0.3) is 0 Å². The Kier molecular flexibility index (Phi) is 16.7. The zero-order valence-electron chi connectivity index (χ0n) is 15.0. The third kappa shape index (κ3) is 16.0. The number of rotatable bonds is 17. The first-order valence-corrected chi connectivity index (χ1v) is 9.72. The molecule has 1 N–H and O–H groups in total. The lowest BCUT2D eigenvalue weighted by Crippen LogP contribution is -2.15. The molecule has 0 amide bonds. The summed E-state index contributed by atoms with van der Waals surface area (Å²) < 4.78 is 0. The Morgan fingerprint density at radius 3 is 1.36 bits per heavy atom. The van der Waals surface area contributed by atoms with Gasteiger partial charge in [0.1, 0.15) is 6.10 Å². The average Bonchev–Trinajstić information content (AvgIpc) is 2.50. The number of aliphatic hydroxyl groups excluding tert-OH is 1. The largest absolute Gasteiger partial charge is 0.385 e. The Labute approximate surface area is 139 Å². The highest BCUT2D eigenvalue weighted by Crippen LogP contribution is 2.13. The molecule has 0 aliphatic heterocycles. The molecule has 0 saturated heterocycles. The lowest BCUT2D eigenvalue weighted by molar-refractivity contribution is -0.125. The van der Waals surface area contributed by atoms with Gasteiger partial charge in [0.15, 0.2) is 5.78 Å². The molecule has 1 atom stereocenters. The lowest BCUT2D eigenvalue weighted by atomic mass is 10.0. The summed E-state index contributed by atoms with van der Waals surface area (Å²) >= 11 is 0. The Hall–Kier alpha value is -0.370. The number of ketones is 1. The van der Waals surface area contributed by atoms with E-state index in [0.717, 1.165) is 12.8 Å². The highest BCUT2D eigenvalue weighted by atomic mass is 16.3. The fourth-order valence-corrected chi connectivity index (χ4v) is 2.84. The van der Waals surface area contributed by atoms with E-state index in [9.17, 15) is 4.79 Å². The fraction of sp³-hybridized carbons (Fsp3) is 0.900. The molecule has 0 aromatic carbocycles. The first kappa shape index (κ1) is 21.6. The Balaban J connectivity index is 3.04. The molecule has 0 spiro atoms. The van der Waals surface area contributed by atoms with Crippen molar-refractivity contribution in [2.24, 2.45) is 0 Å². The maximum atomic E-state index is 11.2. The van der Waals surface area contributed by atoms with Gasteiger partial charge in [-0.25, -0.2) is 0 Å². The third-order valence-electron chi connectivity index (χ3n) is 4.40. The minimum Gasteiger partial charge on any atom is -0.385 e. The lowest BCUT2D eigenvalue weighted by Gasteiger charge is -2.04. The average molecular weight is 312 g/mol. The van der Waals surface area contributed by atoms with E-state index in [0.29, 0.717) is 6.42 Å². The number of aliphatic hydroxyl groups is 1. The molecule has 0 aliphatic carbocycles. The Bertz CT molecular complexity index is 236. The number of hydrogen-bond donors (Lipinski definition) is 1. The molecule has 0 saturated carbocycles. The maximum absolute atomic E-state index is 11.2. The van der Waals surface area contributed by atoms with Crippen molar-refractivity contribution in [2.75, 3.05) is 0 Å². The van der Waals surface area contributed by atoms with Gasteiger partial charge in [-0.2, -0.15) is 0 Å². The van der Waals surface area contributed by atoms with Gasteiger partial charge in [-0.3, -0.25) is 4.79 Å². The van der Waals surface area contributed by atoms with Crippen molar-refractivity contribution in [1.29, 1.82) is 0 Å². The van der Waals surface area contributed by atoms with Crippen molar-refractivity contribution in [2.45, 2.75) is 116 Å². The van der Waals surface area contributed by atoms with Crippen LogP contribution in [-0.2, 0) is 4.79 Å². The summed E-state index contributed by atoms with van der Waals surface area (Å²) in [6.45, 7) is 5.60. The monoisotopic (exact) mass is 311 g/mol. The Morgan fingerprint density at radius 1 is 0.727 bits per heavy atom. The van der Waals surface area contributed by atoms with Crippen LogP contribution in [0.4, 0.5) is 0 Å². The summed E-state index contributed by atoms with van der Waals surface area (Å²) in [7, 11) is 0. The predicted octanol–water partition coefficient (Wildman–Crippen LogP) is 6.01. The molecule has 0 heterocycles. The first-order valence-electron chi connectivity index (χ1n) is 9.72. The molecule has 0 rings (SSSR count). The third-order valence-corrected chi connectivity index (χ3v) is 4.40. The molecule has 0 aromatic rings. The molecular weight excluding hydrogens is 272 g/mol. The van der Waals surface area contributed by atoms with E-state index in [4.69, 9.17) is 5.11 Å². The summed E-state index contributed by atoms with van der Waals surface area (Å²) in [5.41, 5.74) is 0. The van der Waals surface area contributed by atoms with Crippen molar-refractivity contribution in [1.82, 2.24) is 0 Å². The van der Waals surface area contributed by atoms with Gasteiger partial charge < -0.3 is 5.11 Å². The SMILES string of the molecule is [CH2]C(O)C(=O)CCCCCCCCCCCCCCCCC. The molecule has 1 radical (unpaired) electrons. The van der Waals surface area contributed by atoms with E-state index in [1.807, 2.05) is 0 Å². The van der Waals surface area contributed by atoms with Crippen LogP contribution in [0.1, 0.15) is 110 Å². The van der Waals surface area contributed by atoms with Crippen molar-refractivity contribution in [3.63, 3.8) is 0 Å². The van der Waals surface area contributed by atoms with Gasteiger partial charge in [0.25, 0.3) is 0 Å². The predicted molar refractivity (Wildman–Crippen MR) is 95.9 cm³/mol. The van der Waals surface area contributed by atoms with Gasteiger partial charge in [0, 0.05) is 6.42 Å². The molecule has 0 aromatic heterocycles. The van der Waals surface area contributed by atoms with Crippen LogP contribution in [0.3, 0.4) is 0 Å². The van der Waals surface area contributed by atoms with Crippen LogP contribution < -0.4 is 0 Å². The quantitative estimate of drug-likeness (QED) is 0.334. The van der Waals surface area contributed by atoms with Crippen molar-refractivity contribution >= 4 is 5.78 Å². The minimum absolute atomic E-state index is 0.116. The van der Waals surface area contributed by atoms with E-state index >= 15 is 0 Å². The molecule has 0 aliphatic rings. The topological polar surface area (TPSA) is 37.3 Å². The van der Waals surface area contributed by atoms with Crippen molar-refractivity contribution in [3.8, 4) is 0 Å². The number of Topliss-reactive ketones (excluding diaryl/α,β-unsaturated/α-hetero) is 1. The van der Waals surface area contributed by atoms with Crippen LogP contribution in [0.15, 0.2) is 0 Å². The van der Waals surface area contributed by atoms with Crippen LogP contribution in [0.5, 0.6) is 0 Å². The maximum Gasteiger partial charge on any atom is 0.161 e. The molecule has 1 unspecified atom stereocenters. The molecule has 2 heteroatoms. The molecule has 0 fully saturated rings. The normalized spacial score (nSPS) is 12.5. The van der Waals surface area contributed by atoms with Crippen molar-refractivity contribution < 1.29 is 9.90 Å². The van der Waals surface area contributed by atoms with Gasteiger partial charge in [0.05, 0.1) is 0 Å². The summed E-state index contributed by atoms with van der Waals surface area (Å²) in [6.07, 6.45) is 19.4. The smallest absolute Gasteiger partial charge is 0.161 e. The molecule has 2 nitrogen and oxygen atoms in total. The number of carbonyl (C=O) groups excluding carboxylic acids is 1. The van der Waals surface area contributed by atoms with Crippen LogP contribution in [-0.4, -0.2) is 17.0 Å². The molecular formula is C20H39O2. The van der Waals surface area contributed by atoms with Gasteiger partial charge in [0.2, 0.25) is 0 Å². The molecule has 131 valence electrons. The summed E-state index contributed by atoms with van der Waals surface area (Å²) in [4.78, 5) is 11.2. The second-order valence-corrected chi connectivity index (χ2v) is 6.68. The van der Waals surface area contributed by atoms with Gasteiger partial charge in [-0.15, -0.1) is 0 Å². The minimum atomic E-state index is -1.02. The fourth-order valence-electron chi connectivity index (χ4n) is 2.84. The number of carbonyl (C=O) groups is 1. The standard InChI is InChI=1S/C20H39O2/c1-3-4-5-6-7-8-9-10-11-12-13-14-15-16-17-18-20(22)19(2)21/h19,21H,2-18H2,1H3. The van der Waals surface area contributed by atoms with E-state index in [-0.39, 0.29) is 5.78 Å². The number of unbranched alkanes of at least 4 members (excludes halogenated alkanes) is 14. The zero-order chi connectivity index (χ0) is 16.5. The second kappa shape index (κ2) is 17.0. The van der Waals surface area contributed by atoms with Gasteiger partial charge in [-0.05, 0) is 13.3 Å².